The number of halogens is 1. The van der Waals surface area contributed by atoms with E-state index in [1.54, 1.807) is 37.3 Å². The first kappa shape index (κ1) is 18.8. The van der Waals surface area contributed by atoms with Gasteiger partial charge in [-0.25, -0.2) is 19.0 Å². The number of hydrogen-bond acceptors (Lipinski definition) is 6. The maximum atomic E-state index is 13.3. The van der Waals surface area contributed by atoms with E-state index in [-0.39, 0.29) is 22.6 Å². The Labute approximate surface area is 168 Å². The Morgan fingerprint density at radius 2 is 2.07 bits per heavy atom. The second-order valence-electron chi connectivity index (χ2n) is 6.12. The molecule has 0 aliphatic rings. The van der Waals surface area contributed by atoms with Gasteiger partial charge >= 0.3 is 0 Å². The number of rotatable bonds is 5. The third-order valence-corrected chi connectivity index (χ3v) is 5.15. The number of para-hydroxylation sites is 1. The molecular weight excluding hydrogens is 395 g/mol. The van der Waals surface area contributed by atoms with Gasteiger partial charge in [-0.2, -0.15) is 10.1 Å². The summed E-state index contributed by atoms with van der Waals surface area (Å²) in [5, 5.41) is 9.19. The average molecular weight is 410 g/mol. The number of amides is 1. The number of thioether (sulfide) groups is 1. The average Bonchev–Trinajstić information content (AvgIpc) is 3.22. The molecule has 0 aliphatic heterocycles. The largest absolute Gasteiger partial charge is 0.325 e. The molecule has 2 aromatic heterocycles. The quantitative estimate of drug-likeness (QED) is 0.387. The first-order valence-corrected chi connectivity index (χ1v) is 9.51. The molecular formula is C19H15FN6O2S. The van der Waals surface area contributed by atoms with Crippen LogP contribution in [0.5, 0.6) is 0 Å². The van der Waals surface area contributed by atoms with Crippen LogP contribution in [0.3, 0.4) is 0 Å². The second kappa shape index (κ2) is 7.84. The van der Waals surface area contributed by atoms with E-state index in [2.05, 4.69) is 25.5 Å². The van der Waals surface area contributed by atoms with Gasteiger partial charge in [-0.05, 0) is 37.3 Å². The predicted molar refractivity (Wildman–Crippen MR) is 108 cm³/mol. The van der Waals surface area contributed by atoms with Crippen LogP contribution in [0.25, 0.3) is 16.9 Å². The second-order valence-corrected chi connectivity index (χ2v) is 7.43. The van der Waals surface area contributed by atoms with Crippen molar-refractivity contribution < 1.29 is 9.18 Å². The van der Waals surface area contributed by atoms with Crippen LogP contribution in [-0.4, -0.2) is 35.9 Å². The molecule has 8 nitrogen and oxygen atoms in total. The number of benzene rings is 2. The third-order valence-electron chi connectivity index (χ3n) is 4.10. The highest BCUT2D eigenvalue weighted by atomic mass is 32.2. The molecule has 2 heterocycles. The van der Waals surface area contributed by atoms with Gasteiger partial charge in [0.25, 0.3) is 5.56 Å². The fourth-order valence-corrected chi connectivity index (χ4v) is 3.61. The zero-order valence-corrected chi connectivity index (χ0v) is 16.0. The number of hydrogen-bond donors (Lipinski definition) is 2. The molecule has 2 aromatic carbocycles. The molecule has 146 valence electrons. The lowest BCUT2D eigenvalue weighted by atomic mass is 10.2. The van der Waals surface area contributed by atoms with Crippen molar-refractivity contribution in [2.24, 2.45) is 0 Å². The van der Waals surface area contributed by atoms with Gasteiger partial charge in [0.1, 0.15) is 12.1 Å². The van der Waals surface area contributed by atoms with Gasteiger partial charge < -0.3 is 5.32 Å². The van der Waals surface area contributed by atoms with Crippen LogP contribution >= 0.6 is 11.8 Å². The van der Waals surface area contributed by atoms with Gasteiger partial charge in [-0.1, -0.05) is 30.0 Å². The SMILES string of the molecule is C[C@H](Sc1nc2ccccc2c(=O)n1-c1ncn[nH]1)C(=O)Nc1cccc(F)c1. The summed E-state index contributed by atoms with van der Waals surface area (Å²) < 4.78 is 14.6. The Morgan fingerprint density at radius 1 is 1.24 bits per heavy atom. The summed E-state index contributed by atoms with van der Waals surface area (Å²) in [6, 6.07) is 12.6. The van der Waals surface area contributed by atoms with E-state index in [9.17, 15) is 14.0 Å². The first-order valence-electron chi connectivity index (χ1n) is 8.63. The molecule has 1 atom stereocenters. The summed E-state index contributed by atoms with van der Waals surface area (Å²) in [5.41, 5.74) is 0.530. The van der Waals surface area contributed by atoms with Gasteiger partial charge in [0.15, 0.2) is 5.16 Å². The number of carbonyl (C=O) groups is 1. The van der Waals surface area contributed by atoms with Crippen LogP contribution in [-0.2, 0) is 4.79 Å². The molecule has 0 unspecified atom stereocenters. The maximum absolute atomic E-state index is 13.3. The van der Waals surface area contributed by atoms with E-state index in [0.29, 0.717) is 16.6 Å². The van der Waals surface area contributed by atoms with Crippen LogP contribution in [0.2, 0.25) is 0 Å². The summed E-state index contributed by atoms with van der Waals surface area (Å²) >= 11 is 1.09. The summed E-state index contributed by atoms with van der Waals surface area (Å²) in [5.74, 6) is -0.598. The molecule has 2 N–H and O–H groups in total. The zero-order chi connectivity index (χ0) is 20.4. The lowest BCUT2D eigenvalue weighted by Crippen LogP contribution is -2.26. The fraction of sp³-hybridized carbons (Fsp3) is 0.105. The number of aromatic amines is 1. The van der Waals surface area contributed by atoms with Crippen molar-refractivity contribution in [3.05, 3.63) is 71.0 Å². The minimum Gasteiger partial charge on any atom is -0.325 e. The zero-order valence-electron chi connectivity index (χ0n) is 15.2. The number of H-pyrrole nitrogens is 1. The normalized spacial score (nSPS) is 12.1. The van der Waals surface area contributed by atoms with Crippen molar-refractivity contribution >= 4 is 34.3 Å². The summed E-state index contributed by atoms with van der Waals surface area (Å²) in [6.45, 7) is 1.67. The third kappa shape index (κ3) is 3.87. The predicted octanol–water partition coefficient (Wildman–Crippen LogP) is 2.76. The fourth-order valence-electron chi connectivity index (χ4n) is 2.71. The van der Waals surface area contributed by atoms with E-state index >= 15 is 0 Å². The van der Waals surface area contributed by atoms with Crippen molar-refractivity contribution in [3.8, 4) is 5.95 Å². The summed E-state index contributed by atoms with van der Waals surface area (Å²) in [4.78, 5) is 34.2. The van der Waals surface area contributed by atoms with Crippen LogP contribution < -0.4 is 10.9 Å². The molecule has 0 saturated carbocycles. The minimum atomic E-state index is -0.625. The van der Waals surface area contributed by atoms with Crippen molar-refractivity contribution in [1.29, 1.82) is 0 Å². The van der Waals surface area contributed by atoms with Gasteiger partial charge in [-0.15, -0.1) is 0 Å². The highest BCUT2D eigenvalue weighted by Gasteiger charge is 2.21. The van der Waals surface area contributed by atoms with E-state index in [0.717, 1.165) is 11.8 Å². The molecule has 0 saturated heterocycles. The highest BCUT2D eigenvalue weighted by Crippen LogP contribution is 2.25. The molecule has 0 aliphatic carbocycles. The Kier molecular flexibility index (Phi) is 5.09. The summed E-state index contributed by atoms with van der Waals surface area (Å²) in [6.07, 6.45) is 1.28. The molecule has 0 bridgehead atoms. The number of carbonyl (C=O) groups excluding carboxylic acids is 1. The van der Waals surface area contributed by atoms with E-state index < -0.39 is 11.1 Å². The Morgan fingerprint density at radius 3 is 2.83 bits per heavy atom. The number of nitrogens with zero attached hydrogens (tertiary/aromatic N) is 4. The Bertz CT molecular complexity index is 1240. The van der Waals surface area contributed by atoms with Crippen LogP contribution in [0.1, 0.15) is 6.92 Å². The number of aromatic nitrogens is 5. The molecule has 10 heteroatoms. The molecule has 0 radical (unpaired) electrons. The van der Waals surface area contributed by atoms with Crippen LogP contribution in [0, 0.1) is 5.82 Å². The Balaban J connectivity index is 1.69. The van der Waals surface area contributed by atoms with Gasteiger partial charge in [0.05, 0.1) is 16.2 Å². The van der Waals surface area contributed by atoms with Crippen molar-refractivity contribution in [1.82, 2.24) is 24.7 Å². The summed E-state index contributed by atoms with van der Waals surface area (Å²) in [7, 11) is 0. The van der Waals surface area contributed by atoms with Gasteiger partial charge in [-0.3, -0.25) is 9.59 Å². The van der Waals surface area contributed by atoms with E-state index in [4.69, 9.17) is 0 Å². The smallest absolute Gasteiger partial charge is 0.269 e. The molecule has 0 spiro atoms. The van der Waals surface area contributed by atoms with E-state index in [1.165, 1.54) is 29.1 Å². The number of fused-ring (bicyclic) bond motifs is 1. The minimum absolute atomic E-state index is 0.202. The van der Waals surface area contributed by atoms with Gasteiger partial charge in [0.2, 0.25) is 11.9 Å². The standard InChI is InChI=1S/C19H15FN6O2S/c1-11(16(27)23-13-6-4-5-12(20)9-13)29-19-24-15-8-3-2-7-14(15)17(28)26(19)18-21-10-22-25-18/h2-11H,1H3,(H,23,27)(H,21,22,25)/t11-/m0/s1. The van der Waals surface area contributed by atoms with Crippen molar-refractivity contribution in [2.75, 3.05) is 5.32 Å². The topological polar surface area (TPSA) is 106 Å². The van der Waals surface area contributed by atoms with Crippen LogP contribution in [0.15, 0.2) is 64.8 Å². The Hall–Kier alpha value is -3.53. The van der Waals surface area contributed by atoms with Crippen molar-refractivity contribution in [2.45, 2.75) is 17.3 Å². The molecule has 4 aromatic rings. The molecule has 0 fully saturated rings. The monoisotopic (exact) mass is 410 g/mol. The highest BCUT2D eigenvalue weighted by molar-refractivity contribution is 8.00. The molecule has 1 amide bonds. The molecule has 29 heavy (non-hydrogen) atoms. The first-order chi connectivity index (χ1) is 14.0. The van der Waals surface area contributed by atoms with Crippen LogP contribution in [0.4, 0.5) is 10.1 Å². The maximum Gasteiger partial charge on any atom is 0.269 e. The van der Waals surface area contributed by atoms with Gasteiger partial charge in [0, 0.05) is 5.69 Å². The number of nitrogens with one attached hydrogen (secondary N) is 2. The van der Waals surface area contributed by atoms with E-state index in [1.807, 2.05) is 0 Å². The van der Waals surface area contributed by atoms with Crippen molar-refractivity contribution in [3.63, 3.8) is 0 Å². The lowest BCUT2D eigenvalue weighted by molar-refractivity contribution is -0.115. The lowest BCUT2D eigenvalue weighted by Gasteiger charge is -2.15. The molecule has 4 rings (SSSR count). The number of anilines is 1.